The van der Waals surface area contributed by atoms with Crippen LogP contribution < -0.4 is 0 Å². The van der Waals surface area contributed by atoms with Crippen LogP contribution in [0.4, 0.5) is 0 Å². The molecule has 0 amide bonds. The number of aromatic nitrogens is 2. The Kier molecular flexibility index (Phi) is 16.1. The van der Waals surface area contributed by atoms with Gasteiger partial charge in [-0.2, -0.15) is 0 Å². The molecule has 6 aromatic carbocycles. The van der Waals surface area contributed by atoms with Gasteiger partial charge < -0.3 is 25.1 Å². The number of phenols is 2. The number of pyridine rings is 2. The molecule has 0 saturated carbocycles. The summed E-state index contributed by atoms with van der Waals surface area (Å²) in [5, 5.41) is 23.1. The van der Waals surface area contributed by atoms with E-state index in [1.807, 2.05) is 48.5 Å². The van der Waals surface area contributed by atoms with Gasteiger partial charge in [0.2, 0.25) is 0 Å². The summed E-state index contributed by atoms with van der Waals surface area (Å²) >= 11 is 0. The average Bonchev–Trinajstić information content (AvgIpc) is 3.28. The number of rotatable bonds is 7. The monoisotopic (exact) mass is 988 g/mol. The topological polar surface area (TPSA) is 66.2 Å². The molecule has 8 rings (SSSR count). The van der Waals surface area contributed by atoms with Crippen molar-refractivity contribution in [1.82, 2.24) is 9.97 Å². The zero-order valence-corrected chi connectivity index (χ0v) is 45.8. The normalized spacial score (nSPS) is 11.8. The van der Waals surface area contributed by atoms with Crippen LogP contribution in [0.2, 0.25) is 0 Å². The van der Waals surface area contributed by atoms with Crippen molar-refractivity contribution >= 4 is 0 Å². The van der Waals surface area contributed by atoms with Crippen LogP contribution in [0.1, 0.15) is 105 Å². The molecule has 0 bridgehead atoms. The van der Waals surface area contributed by atoms with Crippen molar-refractivity contribution < 1.29 is 36.4 Å². The first kappa shape index (κ1) is 54.0. The molecule has 0 spiro atoms. The molecule has 0 aliphatic rings. The van der Waals surface area contributed by atoms with Gasteiger partial charge in [-0.3, -0.25) is 0 Å². The van der Waals surface area contributed by atoms with E-state index in [0.29, 0.717) is 33.9 Å². The quantitative estimate of drug-likeness (QED) is 0.156. The molecule has 0 fully saturated rings. The van der Waals surface area contributed by atoms with Crippen LogP contribution in [0.15, 0.2) is 158 Å². The number of hydrogen-bond acceptors (Lipinski definition) is 4. The summed E-state index contributed by atoms with van der Waals surface area (Å²) in [4.78, 5) is 10.3. The van der Waals surface area contributed by atoms with E-state index >= 15 is 0 Å². The molecular weight excluding hydrogens is 920 g/mol. The van der Waals surface area contributed by atoms with Crippen molar-refractivity contribution in [3.63, 3.8) is 0 Å². The zero-order chi connectivity index (χ0) is 47.3. The van der Waals surface area contributed by atoms with Gasteiger partial charge in [-0.25, -0.2) is 9.97 Å². The molecule has 5 heteroatoms. The van der Waals surface area contributed by atoms with Crippen molar-refractivity contribution in [1.29, 1.82) is 0 Å². The van der Waals surface area contributed by atoms with Gasteiger partial charge in [-0.1, -0.05) is 180 Å². The fourth-order valence-corrected chi connectivity index (χ4v) is 8.89. The number of hydrogen-bond donors (Lipinski definition) is 2. The maximum atomic E-state index is 11.5. The minimum atomic E-state index is -0.170. The Labute approximate surface area is 433 Å². The molecule has 0 saturated heterocycles. The summed E-state index contributed by atoms with van der Waals surface area (Å²) in [5.41, 5.74) is 17.4. The Hall–Kier alpha value is -5.90. The zero-order valence-electron chi connectivity index (χ0n) is 43.3. The SMILES string of the molecule is CC(C)(C)c1cc(-c2ccccc2)c(-c2ccc(O)c(-c3cccc(-c4cccc(-c5cc(-c6c(-c7ccccc7)cc(C(C)(C)C)cc6C(C)(C)C)ccc5O)n4)n3)c2)c(C(C)(C)C)c1.[CH3-].[CH3-].[Zr+2]. The molecule has 2 heterocycles. The second kappa shape index (κ2) is 20.6. The molecule has 0 radical (unpaired) electrons. The predicted octanol–water partition coefficient (Wildman–Crippen LogP) is 17.6. The second-order valence-corrected chi connectivity index (χ2v) is 21.9. The fourth-order valence-electron chi connectivity index (χ4n) is 8.89. The summed E-state index contributed by atoms with van der Waals surface area (Å²) in [6.07, 6.45) is 0. The molecule has 69 heavy (non-hydrogen) atoms. The van der Waals surface area contributed by atoms with Gasteiger partial charge in [-0.15, -0.1) is 0 Å². The van der Waals surface area contributed by atoms with Crippen LogP contribution in [0, 0.1) is 14.9 Å². The fraction of sp³-hybridized carbons (Fsp3) is 0.250. The summed E-state index contributed by atoms with van der Waals surface area (Å²) in [7, 11) is 0. The first-order chi connectivity index (χ1) is 31.1. The Morgan fingerprint density at radius 1 is 0.319 bits per heavy atom. The van der Waals surface area contributed by atoms with Gasteiger partial charge in [0.25, 0.3) is 0 Å². The van der Waals surface area contributed by atoms with Crippen LogP contribution in [0.25, 0.3) is 78.4 Å². The number of benzene rings is 6. The van der Waals surface area contributed by atoms with Crippen molar-refractivity contribution in [2.45, 2.75) is 105 Å². The van der Waals surface area contributed by atoms with Crippen molar-refractivity contribution in [3.05, 3.63) is 195 Å². The smallest absolute Gasteiger partial charge is 0.507 e. The van der Waals surface area contributed by atoms with Crippen LogP contribution in [-0.2, 0) is 47.9 Å². The number of phenolic OH excluding ortho intramolecular Hbond substituents is 2. The first-order valence-electron chi connectivity index (χ1n) is 23.2. The Morgan fingerprint density at radius 3 is 0.971 bits per heavy atom. The van der Waals surface area contributed by atoms with E-state index in [2.05, 4.69) is 180 Å². The van der Waals surface area contributed by atoms with Gasteiger partial charge in [0, 0.05) is 11.1 Å². The van der Waals surface area contributed by atoms with Gasteiger partial charge in [0.05, 0.1) is 22.8 Å². The van der Waals surface area contributed by atoms with Gasteiger partial charge in [0.1, 0.15) is 11.5 Å². The molecule has 2 aromatic heterocycles. The molecule has 4 nitrogen and oxygen atoms in total. The molecule has 2 N–H and O–H groups in total. The van der Waals surface area contributed by atoms with E-state index in [0.717, 1.165) is 44.5 Å². The number of nitrogens with zero attached hydrogens (tertiary/aromatic N) is 2. The van der Waals surface area contributed by atoms with Crippen LogP contribution in [0.5, 0.6) is 11.5 Å². The summed E-state index contributed by atoms with van der Waals surface area (Å²) < 4.78 is 0. The van der Waals surface area contributed by atoms with E-state index in [9.17, 15) is 10.2 Å². The van der Waals surface area contributed by atoms with Crippen molar-refractivity contribution in [2.75, 3.05) is 0 Å². The van der Waals surface area contributed by atoms with Crippen LogP contribution >= 0.6 is 0 Å². The van der Waals surface area contributed by atoms with Crippen LogP contribution in [-0.4, -0.2) is 20.2 Å². The Morgan fingerprint density at radius 2 is 0.652 bits per heavy atom. The summed E-state index contributed by atoms with van der Waals surface area (Å²) in [5.74, 6) is 0.300. The molecular formula is C64H70N2O2Zr. The third-order valence-electron chi connectivity index (χ3n) is 12.7. The van der Waals surface area contributed by atoms with E-state index in [1.54, 1.807) is 12.1 Å². The second-order valence-electron chi connectivity index (χ2n) is 21.9. The first-order valence-corrected chi connectivity index (χ1v) is 23.2. The van der Waals surface area contributed by atoms with Crippen LogP contribution in [0.3, 0.4) is 0 Å². The van der Waals surface area contributed by atoms with E-state index in [4.69, 9.17) is 9.97 Å². The Balaban J connectivity index is 0.00000296. The third kappa shape index (κ3) is 11.4. The number of aromatic hydroxyl groups is 2. The van der Waals surface area contributed by atoms with E-state index < -0.39 is 0 Å². The largest absolute Gasteiger partial charge is 2.00 e. The molecule has 0 atom stereocenters. The molecule has 8 aromatic rings. The minimum Gasteiger partial charge on any atom is -0.507 e. The van der Waals surface area contributed by atoms with E-state index in [-0.39, 0.29) is 74.2 Å². The summed E-state index contributed by atoms with van der Waals surface area (Å²) in [6, 6.07) is 54.1. The molecule has 352 valence electrons. The molecule has 0 aliphatic carbocycles. The summed E-state index contributed by atoms with van der Waals surface area (Å²) in [6.45, 7) is 27.2. The predicted molar refractivity (Wildman–Crippen MR) is 291 cm³/mol. The third-order valence-corrected chi connectivity index (χ3v) is 12.7. The molecule has 0 unspecified atom stereocenters. The van der Waals surface area contributed by atoms with Gasteiger partial charge in [0.15, 0.2) is 0 Å². The molecule has 0 aliphatic heterocycles. The van der Waals surface area contributed by atoms with E-state index in [1.165, 1.54) is 22.3 Å². The maximum absolute atomic E-state index is 11.5. The Bertz CT molecular complexity index is 2860. The van der Waals surface area contributed by atoms with Crippen molar-refractivity contribution in [3.8, 4) is 89.9 Å². The standard InChI is InChI=1S/C62H64N2O2.2CH3.Zr/c1-59(2,3)43-35-45(39-21-15-13-16-22-39)57(49(37-43)61(7,8)9)41-29-31-55(65)47(33-41)51-25-19-27-53(63-51)54-28-20-26-52(64-54)48-34-42(30-32-56(48)66)58-46(40-23-17-14-18-24-40)36-44(60(4,5)6)38-50(58)62(10,11)12;;;/h13-38,65-66H,1-12H3;2*1H3;/q;2*-1;+2. The average molecular weight is 990 g/mol. The van der Waals surface area contributed by atoms with Gasteiger partial charge in [-0.05, 0) is 149 Å². The van der Waals surface area contributed by atoms with Gasteiger partial charge >= 0.3 is 26.2 Å². The van der Waals surface area contributed by atoms with Crippen molar-refractivity contribution in [2.24, 2.45) is 0 Å². The minimum absolute atomic E-state index is 0. The maximum Gasteiger partial charge on any atom is 2.00 e.